The first-order valence-corrected chi connectivity index (χ1v) is 9.60. The van der Waals surface area contributed by atoms with Gasteiger partial charge in [-0.2, -0.15) is 4.31 Å². The number of ether oxygens (including phenoxy) is 2. The zero-order valence-electron chi connectivity index (χ0n) is 14.0. The molecule has 0 aliphatic rings. The van der Waals surface area contributed by atoms with Gasteiger partial charge in [0.15, 0.2) is 24.0 Å². The van der Waals surface area contributed by atoms with Crippen molar-refractivity contribution in [2.45, 2.75) is 4.21 Å². The average molecular weight is 401 g/mol. The first-order chi connectivity index (χ1) is 12.3. The summed E-state index contributed by atoms with van der Waals surface area (Å²) in [4.78, 5) is 23.8. The second kappa shape index (κ2) is 8.39. The number of nitrogens with zero attached hydrogens (tertiary/aromatic N) is 1. The molecule has 140 valence electrons. The molecule has 7 nitrogen and oxygen atoms in total. The Bertz CT molecular complexity index is 895. The van der Waals surface area contributed by atoms with Crippen LogP contribution in [-0.4, -0.2) is 51.8 Å². The van der Waals surface area contributed by atoms with Crippen LogP contribution in [0.4, 0.5) is 4.39 Å². The van der Waals surface area contributed by atoms with Gasteiger partial charge in [-0.3, -0.25) is 9.59 Å². The topological polar surface area (TPSA) is 90.0 Å². The van der Waals surface area contributed by atoms with E-state index in [0.717, 1.165) is 21.7 Å². The van der Waals surface area contributed by atoms with E-state index in [4.69, 9.17) is 9.47 Å². The van der Waals surface area contributed by atoms with Crippen molar-refractivity contribution >= 4 is 33.1 Å². The third kappa shape index (κ3) is 4.65. The van der Waals surface area contributed by atoms with Gasteiger partial charge in [0.1, 0.15) is 10.8 Å². The Morgan fingerprint density at radius 1 is 1.27 bits per heavy atom. The van der Waals surface area contributed by atoms with Crippen molar-refractivity contribution in [2.75, 3.05) is 27.3 Å². The Labute approximate surface area is 154 Å². The molecule has 1 heterocycles. The van der Waals surface area contributed by atoms with Gasteiger partial charge in [0, 0.05) is 12.6 Å². The number of carbonyl (C=O) groups is 2. The molecule has 0 N–H and O–H groups in total. The number of likely N-dealkylation sites (N-methyl/N-ethyl adjacent to an activating group) is 1. The Morgan fingerprint density at radius 2 is 2.00 bits per heavy atom. The maximum atomic E-state index is 13.6. The summed E-state index contributed by atoms with van der Waals surface area (Å²) < 4.78 is 48.4. The second-order valence-electron chi connectivity index (χ2n) is 5.13. The largest absolute Gasteiger partial charge is 0.494 e. The molecule has 0 aliphatic heterocycles. The highest BCUT2D eigenvalue weighted by Gasteiger charge is 2.24. The van der Waals surface area contributed by atoms with Crippen LogP contribution in [-0.2, 0) is 19.6 Å². The predicted molar refractivity (Wildman–Crippen MR) is 92.4 cm³/mol. The lowest BCUT2D eigenvalue weighted by atomic mass is 10.1. The van der Waals surface area contributed by atoms with Crippen LogP contribution in [0, 0.1) is 5.82 Å². The average Bonchev–Trinajstić information content (AvgIpc) is 3.14. The maximum Gasteiger partial charge on any atom is 0.321 e. The third-order valence-electron chi connectivity index (χ3n) is 3.35. The summed E-state index contributed by atoms with van der Waals surface area (Å²) in [6, 6.07) is 6.60. The monoisotopic (exact) mass is 401 g/mol. The zero-order chi connectivity index (χ0) is 19.3. The molecular weight excluding hydrogens is 385 g/mol. The van der Waals surface area contributed by atoms with Crippen molar-refractivity contribution < 1.29 is 31.9 Å². The van der Waals surface area contributed by atoms with Gasteiger partial charge in [-0.15, -0.1) is 11.3 Å². The van der Waals surface area contributed by atoms with Crippen LogP contribution in [0.2, 0.25) is 0 Å². The van der Waals surface area contributed by atoms with E-state index < -0.39 is 40.7 Å². The van der Waals surface area contributed by atoms with Crippen LogP contribution < -0.4 is 4.74 Å². The molecule has 1 aromatic heterocycles. The summed E-state index contributed by atoms with van der Waals surface area (Å²) in [6.07, 6.45) is 0. The summed E-state index contributed by atoms with van der Waals surface area (Å²) in [7, 11) is -1.26. The van der Waals surface area contributed by atoms with Gasteiger partial charge in [-0.1, -0.05) is 6.07 Å². The number of Topliss-reactive ketones (excluding diaryl/α,β-unsaturated/α-hetero) is 1. The molecule has 0 atom stereocenters. The SMILES string of the molecule is COc1ccc(C(=O)COC(=O)CN(C)S(=O)(=O)c2cccs2)cc1F. The van der Waals surface area contributed by atoms with Gasteiger partial charge in [0.2, 0.25) is 0 Å². The minimum atomic E-state index is -3.79. The van der Waals surface area contributed by atoms with Crippen molar-refractivity contribution in [2.24, 2.45) is 0 Å². The van der Waals surface area contributed by atoms with E-state index in [9.17, 15) is 22.4 Å². The minimum Gasteiger partial charge on any atom is -0.494 e. The van der Waals surface area contributed by atoms with Crippen LogP contribution in [0.5, 0.6) is 5.75 Å². The number of sulfonamides is 1. The van der Waals surface area contributed by atoms with Crippen LogP contribution in [0.15, 0.2) is 39.9 Å². The Balaban J connectivity index is 1.92. The van der Waals surface area contributed by atoms with E-state index in [1.807, 2.05) is 0 Å². The number of rotatable bonds is 8. The number of carbonyl (C=O) groups excluding carboxylic acids is 2. The van der Waals surface area contributed by atoms with Crippen molar-refractivity contribution in [3.05, 3.63) is 47.1 Å². The summed E-state index contributed by atoms with van der Waals surface area (Å²) in [5, 5.41) is 1.60. The summed E-state index contributed by atoms with van der Waals surface area (Å²) in [6.45, 7) is -1.18. The van der Waals surface area contributed by atoms with Crippen molar-refractivity contribution in [3.8, 4) is 5.75 Å². The molecule has 0 bridgehead atoms. The maximum absolute atomic E-state index is 13.6. The first-order valence-electron chi connectivity index (χ1n) is 7.28. The van der Waals surface area contributed by atoms with E-state index in [1.54, 1.807) is 11.4 Å². The molecule has 2 aromatic rings. The van der Waals surface area contributed by atoms with E-state index in [1.165, 1.54) is 32.4 Å². The first kappa shape index (κ1) is 20.0. The molecule has 0 saturated heterocycles. The third-order valence-corrected chi connectivity index (χ3v) is 6.53. The second-order valence-corrected chi connectivity index (χ2v) is 8.35. The lowest BCUT2D eigenvalue weighted by Crippen LogP contribution is -2.33. The molecule has 0 radical (unpaired) electrons. The molecule has 0 fully saturated rings. The van der Waals surface area contributed by atoms with Gasteiger partial charge in [-0.25, -0.2) is 12.8 Å². The highest BCUT2D eigenvalue weighted by Crippen LogP contribution is 2.20. The zero-order valence-corrected chi connectivity index (χ0v) is 15.6. The molecule has 0 spiro atoms. The number of hydrogen-bond donors (Lipinski definition) is 0. The van der Waals surface area contributed by atoms with E-state index >= 15 is 0 Å². The van der Waals surface area contributed by atoms with Gasteiger partial charge in [0.05, 0.1) is 7.11 Å². The van der Waals surface area contributed by atoms with Gasteiger partial charge in [-0.05, 0) is 29.6 Å². The van der Waals surface area contributed by atoms with Gasteiger partial charge < -0.3 is 9.47 Å². The number of methoxy groups -OCH3 is 1. The molecule has 0 amide bonds. The smallest absolute Gasteiger partial charge is 0.321 e. The Morgan fingerprint density at radius 3 is 2.58 bits per heavy atom. The number of halogens is 1. The van der Waals surface area contributed by atoms with Crippen LogP contribution in [0.1, 0.15) is 10.4 Å². The van der Waals surface area contributed by atoms with Crippen molar-refractivity contribution in [3.63, 3.8) is 0 Å². The lowest BCUT2D eigenvalue weighted by Gasteiger charge is -2.15. The Kier molecular flexibility index (Phi) is 6.46. The number of benzene rings is 1. The highest BCUT2D eigenvalue weighted by molar-refractivity contribution is 7.91. The molecule has 0 saturated carbocycles. The van der Waals surface area contributed by atoms with Crippen LogP contribution in [0.25, 0.3) is 0 Å². The van der Waals surface area contributed by atoms with E-state index in [0.29, 0.717) is 0 Å². The number of esters is 1. The normalized spacial score (nSPS) is 11.4. The molecule has 10 heteroatoms. The quantitative estimate of drug-likeness (QED) is 0.496. The van der Waals surface area contributed by atoms with Gasteiger partial charge in [0.25, 0.3) is 10.0 Å². The molecule has 2 rings (SSSR count). The molecule has 1 aromatic carbocycles. The highest BCUT2D eigenvalue weighted by atomic mass is 32.2. The fourth-order valence-electron chi connectivity index (χ4n) is 1.95. The lowest BCUT2D eigenvalue weighted by molar-refractivity contribution is -0.142. The summed E-state index contributed by atoms with van der Waals surface area (Å²) in [5.41, 5.74) is 0.00987. The number of hydrogen-bond acceptors (Lipinski definition) is 7. The van der Waals surface area contributed by atoms with Gasteiger partial charge >= 0.3 is 5.97 Å². The molecule has 0 unspecified atom stereocenters. The van der Waals surface area contributed by atoms with Crippen LogP contribution >= 0.6 is 11.3 Å². The van der Waals surface area contributed by atoms with Crippen molar-refractivity contribution in [1.29, 1.82) is 0 Å². The molecular formula is C16H16FNO6S2. The minimum absolute atomic E-state index is 0.00987. The summed E-state index contributed by atoms with van der Waals surface area (Å²) in [5.74, 6) is -2.25. The molecule has 26 heavy (non-hydrogen) atoms. The fourth-order valence-corrected chi connectivity index (χ4v) is 4.26. The molecule has 0 aliphatic carbocycles. The van der Waals surface area contributed by atoms with Crippen molar-refractivity contribution in [1.82, 2.24) is 4.31 Å². The standard InChI is InChI=1S/C16H16FNO6S2/c1-18(26(21,22)16-4-3-7-25-16)9-15(20)24-10-13(19)11-5-6-14(23-2)12(17)8-11/h3-8H,9-10H2,1-2H3. The predicted octanol–water partition coefficient (Wildman–Crippen LogP) is 1.94. The van der Waals surface area contributed by atoms with Crippen LogP contribution in [0.3, 0.4) is 0 Å². The fraction of sp³-hybridized carbons (Fsp3) is 0.250. The number of ketones is 1. The van der Waals surface area contributed by atoms with E-state index in [-0.39, 0.29) is 15.5 Å². The van der Waals surface area contributed by atoms with E-state index in [2.05, 4.69) is 0 Å². The number of thiophene rings is 1. The Hall–Kier alpha value is -2.30. The summed E-state index contributed by atoms with van der Waals surface area (Å²) >= 11 is 1.02.